The first-order chi connectivity index (χ1) is 9.74. The number of carboxylic acid groups (broad SMARTS) is 1. The molecule has 0 aromatic carbocycles. The lowest BCUT2D eigenvalue weighted by atomic mass is 9.93. The summed E-state index contributed by atoms with van der Waals surface area (Å²) in [6.07, 6.45) is 11.2. The van der Waals surface area contributed by atoms with Gasteiger partial charge < -0.3 is 14.6 Å². The Labute approximate surface area is 120 Å². The predicted molar refractivity (Wildman–Crippen MR) is 78.6 cm³/mol. The van der Waals surface area contributed by atoms with Crippen molar-refractivity contribution in [3.05, 3.63) is 37.0 Å². The van der Waals surface area contributed by atoms with Crippen LogP contribution >= 0.6 is 0 Å². The van der Waals surface area contributed by atoms with Gasteiger partial charge in [-0.1, -0.05) is 24.3 Å². The number of ether oxygens (including phenoxy) is 2. The molecule has 1 saturated heterocycles. The van der Waals surface area contributed by atoms with E-state index in [0.717, 1.165) is 39.3 Å². The van der Waals surface area contributed by atoms with Crippen LogP contribution in [0.3, 0.4) is 0 Å². The minimum atomic E-state index is -0.903. The lowest BCUT2D eigenvalue weighted by Gasteiger charge is -2.15. The number of hydrogen-bond donors (Lipinski definition) is 1. The van der Waals surface area contributed by atoms with Crippen LogP contribution in [0.1, 0.15) is 19.3 Å². The van der Waals surface area contributed by atoms with Crippen molar-refractivity contribution in [3.8, 4) is 0 Å². The van der Waals surface area contributed by atoms with Crippen molar-refractivity contribution >= 4 is 5.97 Å². The van der Waals surface area contributed by atoms with Gasteiger partial charge in [-0.2, -0.15) is 0 Å². The standard InChI is InChI=1S/C16H24O4/c1-2-3-10-19-12-15-13-20-11-14(15)8-6-4-5-7-9-16(17)18/h2,4,6-7,9,14-15H,1,3,5,8,10-13H2,(H,17,18)/b6-4?,9-7-/t14-,15-/m1/s1. The largest absolute Gasteiger partial charge is 0.478 e. The molecule has 1 rings (SSSR count). The number of rotatable bonds is 10. The number of allylic oxidation sites excluding steroid dienone is 3. The van der Waals surface area contributed by atoms with Crippen LogP contribution in [0.2, 0.25) is 0 Å². The first-order valence-corrected chi connectivity index (χ1v) is 7.05. The molecule has 0 unspecified atom stereocenters. The van der Waals surface area contributed by atoms with Crippen LogP contribution in [-0.2, 0) is 14.3 Å². The molecule has 112 valence electrons. The molecule has 4 nitrogen and oxygen atoms in total. The third-order valence-corrected chi connectivity index (χ3v) is 3.27. The predicted octanol–water partition coefficient (Wildman–Crippen LogP) is 2.82. The van der Waals surface area contributed by atoms with Crippen LogP contribution in [0.5, 0.6) is 0 Å². The van der Waals surface area contributed by atoms with Crippen LogP contribution < -0.4 is 0 Å². The van der Waals surface area contributed by atoms with Gasteiger partial charge in [0.25, 0.3) is 0 Å². The van der Waals surface area contributed by atoms with E-state index in [1.807, 2.05) is 12.2 Å². The summed E-state index contributed by atoms with van der Waals surface area (Å²) >= 11 is 0. The Hall–Kier alpha value is -1.39. The average molecular weight is 280 g/mol. The molecule has 1 aliphatic heterocycles. The Morgan fingerprint density at radius 2 is 2.10 bits per heavy atom. The first kappa shape index (κ1) is 16.7. The molecule has 1 heterocycles. The molecule has 1 fully saturated rings. The molecule has 2 atom stereocenters. The van der Waals surface area contributed by atoms with Crippen LogP contribution in [0.4, 0.5) is 0 Å². The van der Waals surface area contributed by atoms with Crippen molar-refractivity contribution in [3.63, 3.8) is 0 Å². The summed E-state index contributed by atoms with van der Waals surface area (Å²) in [6.45, 7) is 6.68. The fraction of sp³-hybridized carbons (Fsp3) is 0.562. The fourth-order valence-electron chi connectivity index (χ4n) is 2.10. The van der Waals surface area contributed by atoms with Gasteiger partial charge in [0.05, 0.1) is 26.4 Å². The molecule has 0 radical (unpaired) electrons. The number of carboxylic acids is 1. The lowest BCUT2D eigenvalue weighted by Crippen LogP contribution is -2.18. The minimum absolute atomic E-state index is 0.457. The van der Waals surface area contributed by atoms with Crippen LogP contribution in [0, 0.1) is 11.8 Å². The van der Waals surface area contributed by atoms with Gasteiger partial charge in [-0.25, -0.2) is 4.79 Å². The Morgan fingerprint density at radius 1 is 1.30 bits per heavy atom. The van der Waals surface area contributed by atoms with Crippen LogP contribution in [0.25, 0.3) is 0 Å². The zero-order valence-corrected chi connectivity index (χ0v) is 11.9. The molecule has 0 amide bonds. The lowest BCUT2D eigenvalue weighted by molar-refractivity contribution is -0.131. The van der Waals surface area contributed by atoms with Gasteiger partial charge in [0.2, 0.25) is 0 Å². The smallest absolute Gasteiger partial charge is 0.327 e. The highest BCUT2D eigenvalue weighted by molar-refractivity contribution is 5.79. The van der Waals surface area contributed by atoms with Crippen molar-refractivity contribution in [2.45, 2.75) is 19.3 Å². The van der Waals surface area contributed by atoms with E-state index >= 15 is 0 Å². The van der Waals surface area contributed by atoms with Gasteiger partial charge in [-0.3, -0.25) is 0 Å². The third-order valence-electron chi connectivity index (χ3n) is 3.27. The first-order valence-electron chi connectivity index (χ1n) is 7.05. The van der Waals surface area contributed by atoms with Crippen molar-refractivity contribution < 1.29 is 19.4 Å². The Kier molecular flexibility index (Phi) is 8.67. The summed E-state index contributed by atoms with van der Waals surface area (Å²) in [7, 11) is 0. The maximum absolute atomic E-state index is 10.3. The van der Waals surface area contributed by atoms with Gasteiger partial charge in [0.1, 0.15) is 0 Å². The van der Waals surface area contributed by atoms with Crippen molar-refractivity contribution in [1.82, 2.24) is 0 Å². The number of aliphatic carboxylic acids is 1. The molecule has 20 heavy (non-hydrogen) atoms. The zero-order valence-electron chi connectivity index (χ0n) is 11.9. The zero-order chi connectivity index (χ0) is 14.6. The summed E-state index contributed by atoms with van der Waals surface area (Å²) in [4.78, 5) is 10.3. The summed E-state index contributed by atoms with van der Waals surface area (Å²) in [5.41, 5.74) is 0. The molecule has 0 saturated carbocycles. The average Bonchev–Trinajstić information content (AvgIpc) is 2.86. The maximum Gasteiger partial charge on any atom is 0.327 e. The summed E-state index contributed by atoms with van der Waals surface area (Å²) in [5.74, 6) is 0.0526. The van der Waals surface area contributed by atoms with Gasteiger partial charge in [0, 0.05) is 12.0 Å². The SMILES string of the molecule is C=CCCOC[C@@H]1COC[C@H]1CC=CC/C=C\C(=O)O. The van der Waals surface area contributed by atoms with Gasteiger partial charge in [0.15, 0.2) is 0 Å². The molecule has 0 aromatic rings. The molecular weight excluding hydrogens is 256 g/mol. The Bertz CT molecular complexity index is 346. The van der Waals surface area contributed by atoms with Crippen LogP contribution in [0.15, 0.2) is 37.0 Å². The quantitative estimate of drug-likeness (QED) is 0.380. The van der Waals surface area contributed by atoms with E-state index in [4.69, 9.17) is 14.6 Å². The summed E-state index contributed by atoms with van der Waals surface area (Å²) < 4.78 is 11.1. The van der Waals surface area contributed by atoms with E-state index in [1.165, 1.54) is 6.08 Å². The number of carbonyl (C=O) groups is 1. The molecule has 0 bridgehead atoms. The second kappa shape index (κ2) is 10.4. The van der Waals surface area contributed by atoms with Crippen molar-refractivity contribution in [2.24, 2.45) is 11.8 Å². The van der Waals surface area contributed by atoms with E-state index in [2.05, 4.69) is 12.7 Å². The highest BCUT2D eigenvalue weighted by atomic mass is 16.5. The fourth-order valence-corrected chi connectivity index (χ4v) is 2.10. The van der Waals surface area contributed by atoms with E-state index in [-0.39, 0.29) is 0 Å². The molecule has 0 spiro atoms. The Balaban J connectivity index is 2.19. The van der Waals surface area contributed by atoms with Crippen molar-refractivity contribution in [1.29, 1.82) is 0 Å². The topological polar surface area (TPSA) is 55.8 Å². The highest BCUT2D eigenvalue weighted by Gasteiger charge is 2.27. The summed E-state index contributed by atoms with van der Waals surface area (Å²) in [6, 6.07) is 0. The third kappa shape index (κ3) is 7.26. The number of hydrogen-bond acceptors (Lipinski definition) is 3. The van der Waals surface area contributed by atoms with E-state index < -0.39 is 5.97 Å². The minimum Gasteiger partial charge on any atom is -0.478 e. The van der Waals surface area contributed by atoms with Gasteiger partial charge >= 0.3 is 5.97 Å². The van der Waals surface area contributed by atoms with E-state index in [0.29, 0.717) is 18.3 Å². The summed E-state index contributed by atoms with van der Waals surface area (Å²) in [5, 5.41) is 8.45. The Morgan fingerprint density at radius 3 is 2.85 bits per heavy atom. The molecule has 1 aliphatic rings. The second-order valence-electron chi connectivity index (χ2n) is 4.89. The molecule has 0 aromatic heterocycles. The van der Waals surface area contributed by atoms with Gasteiger partial charge in [-0.05, 0) is 25.2 Å². The molecular formula is C16H24O4. The highest BCUT2D eigenvalue weighted by Crippen LogP contribution is 2.24. The molecule has 0 aliphatic carbocycles. The normalized spacial score (nSPS) is 22.8. The van der Waals surface area contributed by atoms with Crippen LogP contribution in [-0.4, -0.2) is 37.5 Å². The second-order valence-corrected chi connectivity index (χ2v) is 4.89. The van der Waals surface area contributed by atoms with E-state index in [9.17, 15) is 4.79 Å². The molecule has 4 heteroatoms. The van der Waals surface area contributed by atoms with Gasteiger partial charge in [-0.15, -0.1) is 6.58 Å². The monoisotopic (exact) mass is 280 g/mol. The molecule has 1 N–H and O–H groups in total. The van der Waals surface area contributed by atoms with Crippen molar-refractivity contribution in [2.75, 3.05) is 26.4 Å². The van der Waals surface area contributed by atoms with E-state index in [1.54, 1.807) is 6.08 Å². The maximum atomic E-state index is 10.3.